The predicted molar refractivity (Wildman–Crippen MR) is 73.1 cm³/mol. The maximum atomic E-state index is 12.1. The van der Waals surface area contributed by atoms with Gasteiger partial charge >= 0.3 is 0 Å². The summed E-state index contributed by atoms with van der Waals surface area (Å²) in [6, 6.07) is 11.1. The highest BCUT2D eigenvalue weighted by Gasteiger charge is 2.33. The van der Waals surface area contributed by atoms with E-state index < -0.39 is 0 Å². The molecule has 3 rings (SSSR count). The zero-order valence-corrected chi connectivity index (χ0v) is 11.1. The molecule has 0 aliphatic heterocycles. The third-order valence-corrected chi connectivity index (χ3v) is 3.61. The van der Waals surface area contributed by atoms with E-state index in [2.05, 4.69) is 5.32 Å². The standard InChI is InChI=1S/C15H14ClNO2/c16-12-7-5-11(6-8-12)14(10-3-4-10)17-15(18)13-2-1-9-19-13/h1-2,5-10,14H,3-4H2,(H,17,18)/t14-/m0/s1. The minimum Gasteiger partial charge on any atom is -0.459 e. The molecule has 0 radical (unpaired) electrons. The van der Waals surface area contributed by atoms with Crippen LogP contribution in [0.15, 0.2) is 47.1 Å². The Kier molecular flexibility index (Phi) is 3.30. The van der Waals surface area contributed by atoms with Crippen LogP contribution >= 0.6 is 11.6 Å². The van der Waals surface area contributed by atoms with Crippen molar-refractivity contribution in [3.63, 3.8) is 0 Å². The van der Waals surface area contributed by atoms with Crippen LogP contribution in [-0.4, -0.2) is 5.91 Å². The van der Waals surface area contributed by atoms with E-state index in [1.807, 2.05) is 24.3 Å². The van der Waals surface area contributed by atoms with E-state index in [4.69, 9.17) is 16.0 Å². The molecule has 19 heavy (non-hydrogen) atoms. The van der Waals surface area contributed by atoms with E-state index in [9.17, 15) is 4.79 Å². The number of halogens is 1. The lowest BCUT2D eigenvalue weighted by Gasteiger charge is -2.18. The molecule has 1 N–H and O–H groups in total. The number of carbonyl (C=O) groups is 1. The normalized spacial score (nSPS) is 16.1. The van der Waals surface area contributed by atoms with Gasteiger partial charge in [0.1, 0.15) is 0 Å². The van der Waals surface area contributed by atoms with Crippen molar-refractivity contribution in [2.24, 2.45) is 5.92 Å². The molecule has 1 aliphatic carbocycles. The molecular weight excluding hydrogens is 262 g/mol. The van der Waals surface area contributed by atoms with Gasteiger partial charge in [0, 0.05) is 5.02 Å². The fraction of sp³-hybridized carbons (Fsp3) is 0.267. The van der Waals surface area contributed by atoms with Crippen molar-refractivity contribution in [3.05, 3.63) is 59.0 Å². The summed E-state index contributed by atoms with van der Waals surface area (Å²) in [6.07, 6.45) is 3.79. The first-order valence-corrected chi connectivity index (χ1v) is 6.71. The van der Waals surface area contributed by atoms with Crippen LogP contribution in [0, 0.1) is 5.92 Å². The lowest BCUT2D eigenvalue weighted by molar-refractivity contribution is 0.0903. The van der Waals surface area contributed by atoms with Crippen LogP contribution in [0.3, 0.4) is 0 Å². The minimum atomic E-state index is -0.170. The average molecular weight is 276 g/mol. The summed E-state index contributed by atoms with van der Waals surface area (Å²) < 4.78 is 5.12. The van der Waals surface area contributed by atoms with E-state index in [1.54, 1.807) is 12.1 Å². The third-order valence-electron chi connectivity index (χ3n) is 3.35. The summed E-state index contributed by atoms with van der Waals surface area (Å²) in [5.74, 6) is 0.691. The second-order valence-electron chi connectivity index (χ2n) is 4.82. The summed E-state index contributed by atoms with van der Waals surface area (Å²) in [7, 11) is 0. The van der Waals surface area contributed by atoms with Gasteiger partial charge in [-0.1, -0.05) is 23.7 Å². The molecule has 1 heterocycles. The van der Waals surface area contributed by atoms with E-state index in [0.717, 1.165) is 18.4 Å². The maximum Gasteiger partial charge on any atom is 0.287 e. The Labute approximate surface area is 116 Å². The Morgan fingerprint density at radius 1 is 1.26 bits per heavy atom. The minimum absolute atomic E-state index is 0.0369. The lowest BCUT2D eigenvalue weighted by Crippen LogP contribution is -2.29. The first-order chi connectivity index (χ1) is 9.24. The molecule has 4 heteroatoms. The van der Waals surface area contributed by atoms with Gasteiger partial charge in [0.05, 0.1) is 12.3 Å². The van der Waals surface area contributed by atoms with Crippen LogP contribution in [0.1, 0.15) is 35.0 Å². The van der Waals surface area contributed by atoms with Crippen molar-refractivity contribution in [2.45, 2.75) is 18.9 Å². The van der Waals surface area contributed by atoms with Gasteiger partial charge in [-0.15, -0.1) is 0 Å². The fourth-order valence-corrected chi connectivity index (χ4v) is 2.32. The van der Waals surface area contributed by atoms with Gasteiger partial charge in [-0.25, -0.2) is 0 Å². The number of amides is 1. The Balaban J connectivity index is 1.78. The molecule has 0 bridgehead atoms. The van der Waals surface area contributed by atoms with E-state index in [0.29, 0.717) is 16.7 Å². The number of rotatable bonds is 4. The smallest absolute Gasteiger partial charge is 0.287 e. The predicted octanol–water partition coefficient (Wildman–Crippen LogP) is 3.81. The molecule has 1 amide bonds. The van der Waals surface area contributed by atoms with Gasteiger partial charge in [-0.05, 0) is 48.6 Å². The molecule has 1 saturated carbocycles. The average Bonchev–Trinajstić information content (AvgIpc) is 3.10. The molecular formula is C15H14ClNO2. The number of hydrogen-bond donors (Lipinski definition) is 1. The molecule has 2 aromatic rings. The number of hydrogen-bond acceptors (Lipinski definition) is 2. The molecule has 1 fully saturated rings. The summed E-state index contributed by atoms with van der Waals surface area (Å²) in [5.41, 5.74) is 1.09. The monoisotopic (exact) mass is 275 g/mol. The van der Waals surface area contributed by atoms with E-state index in [1.165, 1.54) is 6.26 Å². The Morgan fingerprint density at radius 2 is 2.00 bits per heavy atom. The second kappa shape index (κ2) is 5.10. The molecule has 0 spiro atoms. The summed E-state index contributed by atoms with van der Waals surface area (Å²) >= 11 is 5.90. The number of furan rings is 1. The number of carbonyl (C=O) groups excluding carboxylic acids is 1. The van der Waals surface area contributed by atoms with Gasteiger partial charge in [0.15, 0.2) is 5.76 Å². The highest BCUT2D eigenvalue weighted by molar-refractivity contribution is 6.30. The molecule has 1 aliphatic rings. The molecule has 1 aromatic carbocycles. The lowest BCUT2D eigenvalue weighted by atomic mass is 10.0. The van der Waals surface area contributed by atoms with Gasteiger partial charge < -0.3 is 9.73 Å². The zero-order valence-electron chi connectivity index (χ0n) is 10.3. The quantitative estimate of drug-likeness (QED) is 0.922. The zero-order chi connectivity index (χ0) is 13.2. The first-order valence-electron chi connectivity index (χ1n) is 6.34. The van der Waals surface area contributed by atoms with Gasteiger partial charge in [-0.3, -0.25) is 4.79 Å². The van der Waals surface area contributed by atoms with Crippen molar-refractivity contribution in [1.29, 1.82) is 0 Å². The van der Waals surface area contributed by atoms with E-state index >= 15 is 0 Å². The molecule has 1 aromatic heterocycles. The van der Waals surface area contributed by atoms with Crippen LogP contribution in [0.2, 0.25) is 5.02 Å². The first kappa shape index (κ1) is 12.3. The largest absolute Gasteiger partial charge is 0.459 e. The molecule has 0 unspecified atom stereocenters. The van der Waals surface area contributed by atoms with Gasteiger partial charge in [0.25, 0.3) is 5.91 Å². The number of nitrogens with one attached hydrogen (secondary N) is 1. The molecule has 98 valence electrons. The summed E-state index contributed by atoms with van der Waals surface area (Å²) in [4.78, 5) is 12.1. The van der Waals surface area contributed by atoms with Crippen molar-refractivity contribution in [1.82, 2.24) is 5.32 Å². The fourth-order valence-electron chi connectivity index (χ4n) is 2.19. The molecule has 0 saturated heterocycles. The van der Waals surface area contributed by atoms with Gasteiger partial charge in [0.2, 0.25) is 0 Å². The third kappa shape index (κ3) is 2.82. The van der Waals surface area contributed by atoms with Crippen molar-refractivity contribution < 1.29 is 9.21 Å². The van der Waals surface area contributed by atoms with Crippen LogP contribution in [0.4, 0.5) is 0 Å². The Bertz CT molecular complexity index is 558. The van der Waals surface area contributed by atoms with Crippen molar-refractivity contribution >= 4 is 17.5 Å². The summed E-state index contributed by atoms with van der Waals surface area (Å²) in [5, 5.41) is 3.75. The Hall–Kier alpha value is -1.74. The SMILES string of the molecule is O=C(N[C@H](c1ccc(Cl)cc1)C1CC1)c1ccco1. The van der Waals surface area contributed by atoms with Crippen LogP contribution in [0.25, 0.3) is 0 Å². The van der Waals surface area contributed by atoms with Crippen LogP contribution in [-0.2, 0) is 0 Å². The maximum absolute atomic E-state index is 12.1. The molecule has 1 atom stereocenters. The summed E-state index contributed by atoms with van der Waals surface area (Å²) in [6.45, 7) is 0. The van der Waals surface area contributed by atoms with Crippen LogP contribution in [0.5, 0.6) is 0 Å². The topological polar surface area (TPSA) is 42.2 Å². The van der Waals surface area contributed by atoms with Crippen molar-refractivity contribution in [2.75, 3.05) is 0 Å². The van der Waals surface area contributed by atoms with E-state index in [-0.39, 0.29) is 11.9 Å². The Morgan fingerprint density at radius 3 is 2.58 bits per heavy atom. The van der Waals surface area contributed by atoms with Crippen molar-refractivity contribution in [3.8, 4) is 0 Å². The van der Waals surface area contributed by atoms with Crippen LogP contribution < -0.4 is 5.32 Å². The number of benzene rings is 1. The molecule has 3 nitrogen and oxygen atoms in total. The second-order valence-corrected chi connectivity index (χ2v) is 5.25. The highest BCUT2D eigenvalue weighted by Crippen LogP contribution is 2.41. The van der Waals surface area contributed by atoms with Gasteiger partial charge in [-0.2, -0.15) is 0 Å². The highest BCUT2D eigenvalue weighted by atomic mass is 35.5.